The van der Waals surface area contributed by atoms with E-state index in [1.165, 1.54) is 24.3 Å². The number of carboxylic acid groups (broad SMARTS) is 1. The number of alkyl halides is 2. The van der Waals surface area contributed by atoms with Gasteiger partial charge < -0.3 is 14.6 Å². The fourth-order valence-electron chi connectivity index (χ4n) is 3.95. The van der Waals surface area contributed by atoms with Gasteiger partial charge in [-0.25, -0.2) is 0 Å². The number of nitrogens with zero attached hydrogens (tertiary/aromatic N) is 1. The standard InChI is InChI=1S/C26H22BrF2NO4/c1-25(2,15-17-4-3-5-22(14-17)33-20-12-8-19(27)9-13-20)26(16-30,23(31)32)18-6-10-21(11-7-18)34-24(28)29/h3-14,24H,15H2,1-2H3,(H,31,32). The quantitative estimate of drug-likeness (QED) is 0.324. The Kier molecular flexibility index (Phi) is 7.57. The minimum atomic E-state index is -3.01. The Balaban J connectivity index is 1.91. The number of aliphatic carboxylic acids is 1. The van der Waals surface area contributed by atoms with Crippen LogP contribution in [0.5, 0.6) is 17.2 Å². The predicted octanol–water partition coefficient (Wildman–Crippen LogP) is 6.96. The molecule has 0 aromatic heterocycles. The second-order valence-corrected chi connectivity index (χ2v) is 9.25. The summed E-state index contributed by atoms with van der Waals surface area (Å²) in [5.41, 5.74) is -2.08. The summed E-state index contributed by atoms with van der Waals surface area (Å²) in [4.78, 5) is 12.5. The monoisotopic (exact) mass is 529 g/mol. The first-order chi connectivity index (χ1) is 16.1. The molecule has 1 unspecified atom stereocenters. The molecule has 0 spiro atoms. The van der Waals surface area contributed by atoms with Crippen LogP contribution in [-0.2, 0) is 16.6 Å². The van der Waals surface area contributed by atoms with Gasteiger partial charge in [-0.3, -0.25) is 4.79 Å². The summed E-state index contributed by atoms with van der Waals surface area (Å²) in [7, 11) is 0. The van der Waals surface area contributed by atoms with Gasteiger partial charge in [-0.2, -0.15) is 14.0 Å². The van der Waals surface area contributed by atoms with E-state index in [0.717, 1.165) is 10.0 Å². The maximum Gasteiger partial charge on any atom is 0.387 e. The van der Waals surface area contributed by atoms with Crippen molar-refractivity contribution in [3.05, 3.63) is 88.4 Å². The van der Waals surface area contributed by atoms with Crippen LogP contribution in [0.1, 0.15) is 25.0 Å². The molecule has 0 saturated carbocycles. The van der Waals surface area contributed by atoms with Crippen LogP contribution in [0.15, 0.2) is 77.3 Å². The lowest BCUT2D eigenvalue weighted by molar-refractivity contribution is -0.145. The van der Waals surface area contributed by atoms with Crippen molar-refractivity contribution in [2.24, 2.45) is 5.41 Å². The minimum Gasteiger partial charge on any atom is -0.480 e. The van der Waals surface area contributed by atoms with Crippen LogP contribution in [0.25, 0.3) is 0 Å². The van der Waals surface area contributed by atoms with E-state index in [0.29, 0.717) is 11.5 Å². The number of hydrogen-bond donors (Lipinski definition) is 1. The maximum atomic E-state index is 12.5. The lowest BCUT2D eigenvalue weighted by atomic mass is 9.60. The highest BCUT2D eigenvalue weighted by Gasteiger charge is 2.53. The van der Waals surface area contributed by atoms with Crippen molar-refractivity contribution < 1.29 is 28.2 Å². The zero-order valence-corrected chi connectivity index (χ0v) is 20.1. The lowest BCUT2D eigenvalue weighted by Crippen LogP contribution is -2.48. The van der Waals surface area contributed by atoms with Crippen LogP contribution < -0.4 is 9.47 Å². The second kappa shape index (κ2) is 10.2. The maximum absolute atomic E-state index is 12.5. The molecule has 3 aromatic rings. The minimum absolute atomic E-state index is 0.119. The molecule has 0 fully saturated rings. The Morgan fingerprint density at radius 1 is 1.03 bits per heavy atom. The van der Waals surface area contributed by atoms with E-state index in [1.807, 2.05) is 36.4 Å². The number of rotatable bonds is 9. The van der Waals surface area contributed by atoms with E-state index in [4.69, 9.17) is 4.74 Å². The van der Waals surface area contributed by atoms with Crippen LogP contribution in [0.3, 0.4) is 0 Å². The SMILES string of the molecule is CC(C)(Cc1cccc(Oc2ccc(Br)cc2)c1)C(C#N)(C(=O)O)c1ccc(OC(F)F)cc1. The van der Waals surface area contributed by atoms with Gasteiger partial charge in [-0.05, 0) is 66.1 Å². The number of ether oxygens (including phenoxy) is 2. The van der Waals surface area contributed by atoms with Gasteiger partial charge in [0, 0.05) is 9.89 Å². The average molecular weight is 530 g/mol. The van der Waals surface area contributed by atoms with Crippen molar-refractivity contribution in [3.8, 4) is 23.3 Å². The number of nitriles is 1. The topological polar surface area (TPSA) is 79.5 Å². The van der Waals surface area contributed by atoms with Crippen LogP contribution in [-0.4, -0.2) is 17.7 Å². The molecule has 0 radical (unpaired) electrons. The van der Waals surface area contributed by atoms with Crippen molar-refractivity contribution in [2.45, 2.75) is 32.3 Å². The molecule has 34 heavy (non-hydrogen) atoms. The fourth-order valence-corrected chi connectivity index (χ4v) is 4.22. The van der Waals surface area contributed by atoms with Crippen molar-refractivity contribution in [1.29, 1.82) is 5.26 Å². The van der Waals surface area contributed by atoms with Crippen LogP contribution in [0, 0.1) is 16.7 Å². The number of carbonyl (C=O) groups is 1. The van der Waals surface area contributed by atoms with Gasteiger partial charge in [0.25, 0.3) is 0 Å². The van der Waals surface area contributed by atoms with Gasteiger partial charge in [0.1, 0.15) is 17.2 Å². The van der Waals surface area contributed by atoms with E-state index in [1.54, 1.807) is 32.0 Å². The van der Waals surface area contributed by atoms with Crippen LogP contribution >= 0.6 is 15.9 Å². The summed E-state index contributed by atoms with van der Waals surface area (Å²) in [6.07, 6.45) is 0.236. The third-order valence-electron chi connectivity index (χ3n) is 5.61. The predicted molar refractivity (Wildman–Crippen MR) is 126 cm³/mol. The largest absolute Gasteiger partial charge is 0.480 e. The highest BCUT2D eigenvalue weighted by Crippen LogP contribution is 2.45. The molecule has 5 nitrogen and oxygen atoms in total. The molecular weight excluding hydrogens is 508 g/mol. The summed E-state index contributed by atoms with van der Waals surface area (Å²) < 4.78 is 36.1. The van der Waals surface area contributed by atoms with E-state index >= 15 is 0 Å². The van der Waals surface area contributed by atoms with E-state index in [2.05, 4.69) is 20.7 Å². The molecule has 8 heteroatoms. The lowest BCUT2D eigenvalue weighted by Gasteiger charge is -2.39. The fraction of sp³-hybridized carbons (Fsp3) is 0.231. The number of carboxylic acids is 1. The smallest absolute Gasteiger partial charge is 0.387 e. The first-order valence-electron chi connectivity index (χ1n) is 10.3. The molecule has 0 aliphatic carbocycles. The van der Waals surface area contributed by atoms with Gasteiger partial charge >= 0.3 is 12.6 Å². The molecule has 0 amide bonds. The zero-order valence-electron chi connectivity index (χ0n) is 18.5. The van der Waals surface area contributed by atoms with Gasteiger partial charge in [0.15, 0.2) is 5.41 Å². The molecule has 0 saturated heterocycles. The number of benzene rings is 3. The molecule has 0 heterocycles. The first kappa shape index (κ1) is 25.2. The molecule has 0 aliphatic rings. The molecular formula is C26H22BrF2NO4. The Hall–Kier alpha value is -3.44. The molecule has 0 bridgehead atoms. The number of hydrogen-bond acceptors (Lipinski definition) is 4. The normalized spacial score (nSPS) is 13.1. The highest BCUT2D eigenvalue weighted by molar-refractivity contribution is 9.10. The molecule has 3 rings (SSSR count). The zero-order chi connectivity index (χ0) is 24.9. The molecule has 1 atom stereocenters. The Morgan fingerprint density at radius 3 is 2.21 bits per heavy atom. The van der Waals surface area contributed by atoms with E-state index in [9.17, 15) is 23.9 Å². The molecule has 1 N–H and O–H groups in total. The van der Waals surface area contributed by atoms with Crippen LogP contribution in [0.2, 0.25) is 0 Å². The summed E-state index contributed by atoms with van der Waals surface area (Å²) in [6, 6.07) is 21.7. The highest BCUT2D eigenvalue weighted by atomic mass is 79.9. The Labute approximate surface area is 204 Å². The average Bonchev–Trinajstić information content (AvgIpc) is 2.76. The number of halogens is 3. The summed E-state index contributed by atoms with van der Waals surface area (Å²) in [5, 5.41) is 20.3. The summed E-state index contributed by atoms with van der Waals surface area (Å²) >= 11 is 3.38. The van der Waals surface area contributed by atoms with Crippen molar-refractivity contribution >= 4 is 21.9 Å². The van der Waals surface area contributed by atoms with Crippen molar-refractivity contribution in [2.75, 3.05) is 0 Å². The third-order valence-corrected chi connectivity index (χ3v) is 6.14. The first-order valence-corrected chi connectivity index (χ1v) is 11.1. The van der Waals surface area contributed by atoms with Gasteiger partial charge in [-0.1, -0.05) is 54.0 Å². The Bertz CT molecular complexity index is 1190. The van der Waals surface area contributed by atoms with E-state index in [-0.39, 0.29) is 17.7 Å². The van der Waals surface area contributed by atoms with Crippen molar-refractivity contribution in [1.82, 2.24) is 0 Å². The molecule has 0 aliphatic heterocycles. The molecule has 3 aromatic carbocycles. The summed E-state index contributed by atoms with van der Waals surface area (Å²) in [6.45, 7) is 0.376. The Morgan fingerprint density at radius 2 is 1.65 bits per heavy atom. The van der Waals surface area contributed by atoms with Gasteiger partial charge in [0.2, 0.25) is 0 Å². The van der Waals surface area contributed by atoms with Gasteiger partial charge in [-0.15, -0.1) is 0 Å². The summed E-state index contributed by atoms with van der Waals surface area (Å²) in [5.74, 6) is -0.235. The van der Waals surface area contributed by atoms with E-state index < -0.39 is 23.4 Å². The van der Waals surface area contributed by atoms with Crippen molar-refractivity contribution in [3.63, 3.8) is 0 Å². The van der Waals surface area contributed by atoms with Crippen LogP contribution in [0.4, 0.5) is 8.78 Å². The third kappa shape index (κ3) is 5.37. The second-order valence-electron chi connectivity index (χ2n) is 8.33. The molecule has 176 valence electrons. The van der Waals surface area contributed by atoms with Gasteiger partial charge in [0.05, 0.1) is 6.07 Å².